The number of likely N-dealkylation sites (tertiary alicyclic amines) is 1. The number of ether oxygens (including phenoxy) is 2. The largest absolute Gasteiger partial charge is 0.493 e. The molecule has 2 fully saturated rings. The minimum absolute atomic E-state index is 0.152. The molecule has 1 aromatic rings. The maximum absolute atomic E-state index is 6.05. The Morgan fingerprint density at radius 1 is 1.22 bits per heavy atom. The van der Waals surface area contributed by atoms with Crippen molar-refractivity contribution in [3.05, 3.63) is 23.8 Å². The van der Waals surface area contributed by atoms with Crippen molar-refractivity contribution in [3.63, 3.8) is 0 Å². The molecule has 2 saturated heterocycles. The normalized spacial score (nSPS) is 21.0. The highest BCUT2D eigenvalue weighted by atomic mass is 16.5. The van der Waals surface area contributed by atoms with Gasteiger partial charge in [0.2, 0.25) is 0 Å². The van der Waals surface area contributed by atoms with Crippen LogP contribution in [0.2, 0.25) is 0 Å². The summed E-state index contributed by atoms with van der Waals surface area (Å²) in [7, 11) is 1.71. The summed E-state index contributed by atoms with van der Waals surface area (Å²) in [5.41, 5.74) is 1.78. The van der Waals surface area contributed by atoms with E-state index in [1.54, 1.807) is 7.11 Å². The van der Waals surface area contributed by atoms with Gasteiger partial charge in [-0.1, -0.05) is 12.1 Å². The Morgan fingerprint density at radius 2 is 2.00 bits per heavy atom. The minimum atomic E-state index is 0.152. The van der Waals surface area contributed by atoms with Gasteiger partial charge in [0.05, 0.1) is 13.2 Å². The first kappa shape index (κ1) is 16.6. The van der Waals surface area contributed by atoms with E-state index < -0.39 is 0 Å². The zero-order valence-corrected chi connectivity index (χ0v) is 14.7. The standard InChI is InChI=1S/C19H30N2O2/c1-15(2)23-18-16(5-4-6-17(18)22-3)13-21-12-9-19(14-21)7-10-20-11-8-19/h4-6,15,20H,7-14H2,1-3H3. The summed E-state index contributed by atoms with van der Waals surface area (Å²) in [6, 6.07) is 6.23. The van der Waals surface area contributed by atoms with Gasteiger partial charge in [-0.05, 0) is 64.2 Å². The Labute approximate surface area is 140 Å². The zero-order valence-electron chi connectivity index (χ0n) is 14.7. The molecule has 1 aromatic carbocycles. The molecule has 2 aliphatic heterocycles. The average Bonchev–Trinajstić information content (AvgIpc) is 2.91. The number of piperidine rings is 1. The molecule has 0 amide bonds. The third-order valence-electron chi connectivity index (χ3n) is 5.21. The van der Waals surface area contributed by atoms with Gasteiger partial charge >= 0.3 is 0 Å². The molecule has 0 aliphatic carbocycles. The van der Waals surface area contributed by atoms with Crippen molar-refractivity contribution in [1.82, 2.24) is 10.2 Å². The maximum atomic E-state index is 6.05. The van der Waals surface area contributed by atoms with Crippen LogP contribution in [-0.2, 0) is 6.54 Å². The third-order valence-corrected chi connectivity index (χ3v) is 5.21. The van der Waals surface area contributed by atoms with E-state index in [-0.39, 0.29) is 6.10 Å². The summed E-state index contributed by atoms with van der Waals surface area (Å²) in [6.45, 7) is 9.84. The highest BCUT2D eigenvalue weighted by molar-refractivity contribution is 5.46. The molecule has 0 aromatic heterocycles. The molecule has 0 saturated carbocycles. The van der Waals surface area contributed by atoms with Crippen molar-refractivity contribution in [3.8, 4) is 11.5 Å². The summed E-state index contributed by atoms with van der Waals surface area (Å²) >= 11 is 0. The lowest BCUT2D eigenvalue weighted by atomic mass is 9.78. The van der Waals surface area contributed by atoms with Gasteiger partial charge in [0.15, 0.2) is 11.5 Å². The Kier molecular flexibility index (Phi) is 5.12. The number of hydrogen-bond donors (Lipinski definition) is 1. The van der Waals surface area contributed by atoms with Gasteiger partial charge in [-0.15, -0.1) is 0 Å². The number of hydrogen-bond acceptors (Lipinski definition) is 4. The quantitative estimate of drug-likeness (QED) is 0.905. The maximum Gasteiger partial charge on any atom is 0.166 e. The fourth-order valence-corrected chi connectivity index (χ4v) is 3.98. The van der Waals surface area contributed by atoms with Crippen molar-refractivity contribution in [1.29, 1.82) is 0 Å². The molecule has 1 N–H and O–H groups in total. The lowest BCUT2D eigenvalue weighted by Crippen LogP contribution is -2.38. The highest BCUT2D eigenvalue weighted by Gasteiger charge is 2.38. The lowest BCUT2D eigenvalue weighted by Gasteiger charge is -2.34. The van der Waals surface area contributed by atoms with Crippen molar-refractivity contribution >= 4 is 0 Å². The molecule has 1 spiro atoms. The average molecular weight is 318 g/mol. The Bertz CT molecular complexity index is 524. The number of nitrogens with zero attached hydrogens (tertiary/aromatic N) is 1. The van der Waals surface area contributed by atoms with Gasteiger partial charge < -0.3 is 14.8 Å². The summed E-state index contributed by atoms with van der Waals surface area (Å²) in [4.78, 5) is 2.59. The van der Waals surface area contributed by atoms with Crippen molar-refractivity contribution in [2.45, 2.75) is 45.8 Å². The van der Waals surface area contributed by atoms with Crippen LogP contribution >= 0.6 is 0 Å². The number of methoxy groups -OCH3 is 1. The molecule has 0 bridgehead atoms. The van der Waals surface area contributed by atoms with Crippen LogP contribution in [0.1, 0.15) is 38.7 Å². The first-order valence-corrected chi connectivity index (χ1v) is 8.87. The number of nitrogens with one attached hydrogen (secondary N) is 1. The number of benzene rings is 1. The zero-order chi connectivity index (χ0) is 16.3. The molecule has 0 unspecified atom stereocenters. The van der Waals surface area contributed by atoms with Crippen LogP contribution in [0.3, 0.4) is 0 Å². The van der Waals surface area contributed by atoms with Crippen LogP contribution in [0.4, 0.5) is 0 Å². The van der Waals surface area contributed by atoms with Crippen LogP contribution in [0.25, 0.3) is 0 Å². The van der Waals surface area contributed by atoms with Crippen molar-refractivity contribution in [2.75, 3.05) is 33.3 Å². The second kappa shape index (κ2) is 7.10. The summed E-state index contributed by atoms with van der Waals surface area (Å²) in [5.74, 6) is 1.75. The topological polar surface area (TPSA) is 33.7 Å². The molecule has 0 radical (unpaired) electrons. The Balaban J connectivity index is 1.72. The monoisotopic (exact) mass is 318 g/mol. The van der Waals surface area contributed by atoms with Crippen molar-refractivity contribution < 1.29 is 9.47 Å². The van der Waals surface area contributed by atoms with Gasteiger partial charge in [0.25, 0.3) is 0 Å². The van der Waals surface area contributed by atoms with E-state index in [2.05, 4.69) is 36.2 Å². The van der Waals surface area contributed by atoms with E-state index >= 15 is 0 Å². The second-order valence-corrected chi connectivity index (χ2v) is 7.33. The van der Waals surface area contributed by atoms with Gasteiger partial charge in [0, 0.05) is 18.7 Å². The predicted molar refractivity (Wildman–Crippen MR) is 93.2 cm³/mol. The third kappa shape index (κ3) is 3.81. The summed E-state index contributed by atoms with van der Waals surface area (Å²) < 4.78 is 11.6. The number of para-hydroxylation sites is 1. The van der Waals surface area contributed by atoms with E-state index in [9.17, 15) is 0 Å². The van der Waals surface area contributed by atoms with Gasteiger partial charge in [-0.3, -0.25) is 4.90 Å². The van der Waals surface area contributed by atoms with Crippen LogP contribution < -0.4 is 14.8 Å². The molecular formula is C19H30N2O2. The van der Waals surface area contributed by atoms with E-state index in [1.807, 2.05) is 6.07 Å². The second-order valence-electron chi connectivity index (χ2n) is 7.33. The van der Waals surface area contributed by atoms with Crippen LogP contribution in [0.5, 0.6) is 11.5 Å². The Hall–Kier alpha value is -1.26. The smallest absolute Gasteiger partial charge is 0.166 e. The molecule has 128 valence electrons. The Morgan fingerprint density at radius 3 is 2.70 bits per heavy atom. The summed E-state index contributed by atoms with van der Waals surface area (Å²) in [6.07, 6.45) is 4.12. The fourth-order valence-electron chi connectivity index (χ4n) is 3.98. The van der Waals surface area contributed by atoms with Gasteiger partial charge in [-0.25, -0.2) is 0 Å². The minimum Gasteiger partial charge on any atom is -0.493 e. The lowest BCUT2D eigenvalue weighted by molar-refractivity contribution is 0.189. The van der Waals surface area contributed by atoms with E-state index in [0.29, 0.717) is 5.41 Å². The molecule has 3 rings (SSSR count). The molecular weight excluding hydrogens is 288 g/mol. The molecule has 2 heterocycles. The molecule has 23 heavy (non-hydrogen) atoms. The molecule has 2 aliphatic rings. The number of rotatable bonds is 5. The van der Waals surface area contributed by atoms with Crippen LogP contribution in [0.15, 0.2) is 18.2 Å². The van der Waals surface area contributed by atoms with Crippen molar-refractivity contribution in [2.24, 2.45) is 5.41 Å². The van der Waals surface area contributed by atoms with E-state index in [4.69, 9.17) is 9.47 Å². The SMILES string of the molecule is COc1cccc(CN2CCC3(CCNCC3)C2)c1OC(C)C. The molecule has 0 atom stereocenters. The van der Waals surface area contributed by atoms with Gasteiger partial charge in [-0.2, -0.15) is 0 Å². The van der Waals surface area contributed by atoms with E-state index in [1.165, 1.54) is 51.0 Å². The van der Waals surface area contributed by atoms with Gasteiger partial charge in [0.1, 0.15) is 0 Å². The first-order chi connectivity index (χ1) is 11.1. The van der Waals surface area contributed by atoms with E-state index in [0.717, 1.165) is 18.0 Å². The molecule has 4 heteroatoms. The first-order valence-electron chi connectivity index (χ1n) is 8.87. The summed E-state index contributed by atoms with van der Waals surface area (Å²) in [5, 5.41) is 3.49. The fraction of sp³-hybridized carbons (Fsp3) is 0.684. The molecule has 4 nitrogen and oxygen atoms in total. The van der Waals surface area contributed by atoms with Crippen LogP contribution in [-0.4, -0.2) is 44.3 Å². The predicted octanol–water partition coefficient (Wildman–Crippen LogP) is 3.06. The highest BCUT2D eigenvalue weighted by Crippen LogP contribution is 2.40. The van der Waals surface area contributed by atoms with Crippen LogP contribution in [0, 0.1) is 5.41 Å².